The minimum atomic E-state index is -0.507. The van der Waals surface area contributed by atoms with Crippen LogP contribution in [-0.2, 0) is 25.2 Å². The smallest absolute Gasteiger partial charge is 0.269 e. The summed E-state index contributed by atoms with van der Waals surface area (Å²) >= 11 is 0. The number of hydrogen-bond donors (Lipinski definition) is 0. The highest BCUT2D eigenvalue weighted by Crippen LogP contribution is 2.40. The minimum absolute atomic E-state index is 0.350. The summed E-state index contributed by atoms with van der Waals surface area (Å²) in [6.07, 6.45) is 9.64. The normalized spacial score (nSPS) is 17.0. The van der Waals surface area contributed by atoms with Crippen LogP contribution in [-0.4, -0.2) is 5.97 Å². The molecule has 0 N–H and O–H groups in total. The lowest BCUT2D eigenvalue weighted by Gasteiger charge is -2.34. The van der Waals surface area contributed by atoms with Crippen LogP contribution in [0, 0.1) is 5.41 Å². The van der Waals surface area contributed by atoms with Crippen molar-refractivity contribution >= 4 is 5.97 Å². The van der Waals surface area contributed by atoms with Crippen molar-refractivity contribution in [2.45, 2.75) is 90.6 Å². The Kier molecular flexibility index (Phi) is 8.11. The van der Waals surface area contributed by atoms with Crippen LogP contribution < -0.4 is 0 Å². The summed E-state index contributed by atoms with van der Waals surface area (Å²) < 4.78 is 0. The molecule has 0 heterocycles. The summed E-state index contributed by atoms with van der Waals surface area (Å²) in [5, 5.41) is 4.95. The maximum absolute atomic E-state index is 11.9. The lowest BCUT2D eigenvalue weighted by atomic mass is 9.80. The van der Waals surface area contributed by atoms with Gasteiger partial charge in [-0.25, -0.2) is 4.79 Å². The molecule has 0 amide bonds. The van der Waals surface area contributed by atoms with Crippen LogP contribution in [0.4, 0.5) is 0 Å². The highest BCUT2D eigenvalue weighted by atomic mass is 17.5. The molecular weight excluding hydrogens is 328 g/mol. The first-order valence-corrected chi connectivity index (χ1v) is 10.0. The second-order valence-electron chi connectivity index (χ2n) is 8.65. The zero-order valence-electron chi connectivity index (χ0n) is 16.6. The van der Waals surface area contributed by atoms with Crippen molar-refractivity contribution in [1.29, 1.82) is 0 Å². The zero-order valence-corrected chi connectivity index (χ0v) is 16.6. The van der Waals surface area contributed by atoms with E-state index in [2.05, 4.69) is 20.8 Å². The Morgan fingerprint density at radius 3 is 2.35 bits per heavy atom. The van der Waals surface area contributed by atoms with E-state index in [0.717, 1.165) is 50.5 Å². The molecule has 146 valence electrons. The van der Waals surface area contributed by atoms with Crippen molar-refractivity contribution in [3.8, 4) is 0 Å². The molecule has 0 saturated heterocycles. The summed E-state index contributed by atoms with van der Waals surface area (Å²) in [4.78, 5) is 22.4. The van der Waals surface area contributed by atoms with Crippen LogP contribution in [0.25, 0.3) is 0 Å². The van der Waals surface area contributed by atoms with Gasteiger partial charge < -0.3 is 0 Å². The Bertz CT molecular complexity index is 527. The van der Waals surface area contributed by atoms with Crippen molar-refractivity contribution in [2.24, 2.45) is 5.41 Å². The molecule has 0 aromatic heterocycles. The highest BCUT2D eigenvalue weighted by Gasteiger charge is 2.37. The van der Waals surface area contributed by atoms with Gasteiger partial charge in [-0.1, -0.05) is 83.2 Å². The van der Waals surface area contributed by atoms with E-state index in [1.807, 2.05) is 30.3 Å². The van der Waals surface area contributed by atoms with Gasteiger partial charge in [0.05, 0.1) is 0 Å². The Balaban J connectivity index is 1.71. The fourth-order valence-corrected chi connectivity index (χ4v) is 3.55. The number of hydrogen-bond acceptors (Lipinski definition) is 4. The Hall–Kier alpha value is -1.39. The molecule has 0 spiro atoms. The van der Waals surface area contributed by atoms with Gasteiger partial charge in [0.1, 0.15) is 5.60 Å². The molecule has 0 unspecified atom stereocenters. The molecule has 1 saturated carbocycles. The molecule has 4 nitrogen and oxygen atoms in total. The van der Waals surface area contributed by atoms with Crippen molar-refractivity contribution in [3.05, 3.63) is 35.9 Å². The highest BCUT2D eigenvalue weighted by molar-refractivity contribution is 5.68. The second kappa shape index (κ2) is 10.1. The number of unbranched alkanes of at least 4 members (excludes halogenated alkanes) is 2. The first-order chi connectivity index (χ1) is 12.4. The average molecular weight is 363 g/mol. The van der Waals surface area contributed by atoms with Crippen LogP contribution in [0.5, 0.6) is 0 Å². The molecule has 1 fully saturated rings. The van der Waals surface area contributed by atoms with Crippen molar-refractivity contribution in [3.63, 3.8) is 0 Å². The molecule has 1 aliphatic carbocycles. The van der Waals surface area contributed by atoms with Gasteiger partial charge in [0.25, 0.3) is 0 Å². The summed E-state index contributed by atoms with van der Waals surface area (Å²) in [5.74, 6) is -0.361. The third-order valence-corrected chi connectivity index (χ3v) is 5.09. The maximum atomic E-state index is 11.9. The van der Waals surface area contributed by atoms with E-state index in [1.165, 1.54) is 12.8 Å². The molecule has 0 radical (unpaired) electrons. The predicted molar refractivity (Wildman–Crippen MR) is 102 cm³/mol. The first kappa shape index (κ1) is 20.9. The van der Waals surface area contributed by atoms with E-state index in [-0.39, 0.29) is 5.97 Å². The van der Waals surface area contributed by atoms with E-state index in [1.54, 1.807) is 0 Å². The zero-order chi connectivity index (χ0) is 18.9. The number of carbonyl (C=O) groups excluding carboxylic acids is 1. The molecule has 0 atom stereocenters. The minimum Gasteiger partial charge on any atom is -0.269 e. The molecule has 1 aromatic rings. The van der Waals surface area contributed by atoms with E-state index in [0.29, 0.717) is 11.8 Å². The van der Waals surface area contributed by atoms with Crippen LogP contribution in [0.2, 0.25) is 0 Å². The fourth-order valence-electron chi connectivity index (χ4n) is 3.55. The molecular formula is C22H34O4. The van der Waals surface area contributed by atoms with Crippen LogP contribution >= 0.6 is 0 Å². The van der Waals surface area contributed by atoms with Gasteiger partial charge >= 0.3 is 5.97 Å². The third kappa shape index (κ3) is 7.08. The summed E-state index contributed by atoms with van der Waals surface area (Å²) in [6.45, 7) is 6.71. The van der Waals surface area contributed by atoms with Gasteiger partial charge in [-0.05, 0) is 41.7 Å². The topological polar surface area (TPSA) is 44.8 Å². The van der Waals surface area contributed by atoms with E-state index >= 15 is 0 Å². The van der Waals surface area contributed by atoms with Crippen LogP contribution in [0.3, 0.4) is 0 Å². The monoisotopic (exact) mass is 362 g/mol. The van der Waals surface area contributed by atoms with Gasteiger partial charge in [-0.15, -0.1) is 0 Å². The number of benzene rings is 1. The fraction of sp³-hybridized carbons (Fsp3) is 0.682. The third-order valence-electron chi connectivity index (χ3n) is 5.09. The lowest BCUT2D eigenvalue weighted by Crippen LogP contribution is -2.32. The summed E-state index contributed by atoms with van der Waals surface area (Å²) in [5.41, 5.74) is 0.924. The quantitative estimate of drug-likeness (QED) is 0.296. The van der Waals surface area contributed by atoms with E-state index < -0.39 is 5.60 Å². The maximum Gasteiger partial charge on any atom is 0.345 e. The summed E-state index contributed by atoms with van der Waals surface area (Å²) in [6, 6.07) is 10.1. The van der Waals surface area contributed by atoms with Crippen molar-refractivity contribution < 1.29 is 19.6 Å². The molecule has 4 heteroatoms. The van der Waals surface area contributed by atoms with Crippen LogP contribution in [0.15, 0.2) is 30.3 Å². The molecule has 2 rings (SSSR count). The Morgan fingerprint density at radius 1 is 1.00 bits per heavy atom. The lowest BCUT2D eigenvalue weighted by molar-refractivity contribution is -0.527. The standard InChI is InChI=1S/C22H34O4/c1-21(2,3)16-10-5-9-15-20(23)24-26-25-22(17-11-6-12-18-22)19-13-7-4-8-14-19/h4,7-8,13-14H,5-6,9-12,15-18H2,1-3H3. The molecule has 0 aliphatic heterocycles. The Morgan fingerprint density at radius 2 is 1.69 bits per heavy atom. The van der Waals surface area contributed by atoms with E-state index in [4.69, 9.17) is 14.8 Å². The number of rotatable bonds is 9. The second-order valence-corrected chi connectivity index (χ2v) is 8.65. The SMILES string of the molecule is CC(C)(C)CCCCCC(=O)OOOC1(c2ccccc2)CCCCC1. The molecule has 26 heavy (non-hydrogen) atoms. The van der Waals surface area contributed by atoms with Crippen molar-refractivity contribution in [1.82, 2.24) is 0 Å². The summed E-state index contributed by atoms with van der Waals surface area (Å²) in [7, 11) is 0. The van der Waals surface area contributed by atoms with Gasteiger partial charge in [-0.3, -0.25) is 4.89 Å². The van der Waals surface area contributed by atoms with Gasteiger partial charge in [-0.2, -0.15) is 4.89 Å². The molecule has 1 aliphatic rings. The van der Waals surface area contributed by atoms with Gasteiger partial charge in [0.2, 0.25) is 0 Å². The largest absolute Gasteiger partial charge is 0.345 e. The van der Waals surface area contributed by atoms with Gasteiger partial charge in [0, 0.05) is 6.42 Å². The van der Waals surface area contributed by atoms with E-state index in [9.17, 15) is 4.79 Å². The predicted octanol–water partition coefficient (Wildman–Crippen LogP) is 6.25. The van der Waals surface area contributed by atoms with Crippen molar-refractivity contribution in [2.75, 3.05) is 0 Å². The van der Waals surface area contributed by atoms with Crippen LogP contribution in [0.1, 0.15) is 90.5 Å². The Labute approximate surface area is 158 Å². The first-order valence-electron chi connectivity index (χ1n) is 10.0. The molecule has 0 bridgehead atoms. The number of carbonyl (C=O) groups is 1. The molecule has 1 aromatic carbocycles. The average Bonchev–Trinajstić information content (AvgIpc) is 2.62. The van der Waals surface area contributed by atoms with Gasteiger partial charge in [0.15, 0.2) is 0 Å².